The Bertz CT molecular complexity index is 277. The molecule has 98 valence electrons. The molecule has 1 amide bonds. The molecule has 0 aromatic heterocycles. The van der Waals surface area contributed by atoms with Crippen molar-refractivity contribution in [2.75, 3.05) is 12.3 Å². The van der Waals surface area contributed by atoms with E-state index in [-0.39, 0.29) is 12.2 Å². The molecule has 2 aliphatic heterocycles. The molecule has 3 unspecified atom stereocenters. The molecule has 0 bridgehead atoms. The van der Waals surface area contributed by atoms with Gasteiger partial charge in [0.1, 0.15) is 0 Å². The molecule has 3 nitrogen and oxygen atoms in total. The van der Waals surface area contributed by atoms with E-state index in [1.165, 1.54) is 25.0 Å². The average molecular weight is 256 g/mol. The smallest absolute Gasteiger partial charge is 0.241 e. The minimum Gasteiger partial charge on any atom is -0.325 e. The first-order valence-electron chi connectivity index (χ1n) is 6.77. The third-order valence-corrected chi connectivity index (χ3v) is 5.16. The fourth-order valence-corrected chi connectivity index (χ4v) is 3.99. The molecule has 2 saturated heterocycles. The van der Waals surface area contributed by atoms with Crippen LogP contribution in [0, 0.1) is 5.92 Å². The predicted octanol–water partition coefficient (Wildman–Crippen LogP) is 2.07. The summed E-state index contributed by atoms with van der Waals surface area (Å²) in [4.78, 5) is 14.3. The van der Waals surface area contributed by atoms with Gasteiger partial charge in [-0.15, -0.1) is 0 Å². The Hall–Kier alpha value is -0.220. The Morgan fingerprint density at radius 3 is 2.76 bits per heavy atom. The summed E-state index contributed by atoms with van der Waals surface area (Å²) in [7, 11) is 0. The molecule has 2 aliphatic rings. The Morgan fingerprint density at radius 2 is 2.24 bits per heavy atom. The fraction of sp³-hybridized carbons (Fsp3) is 0.923. The van der Waals surface area contributed by atoms with E-state index in [2.05, 4.69) is 26.1 Å². The third-order valence-electron chi connectivity index (χ3n) is 3.78. The van der Waals surface area contributed by atoms with E-state index in [1.54, 1.807) is 0 Å². The molecule has 0 aromatic rings. The van der Waals surface area contributed by atoms with Crippen LogP contribution in [-0.2, 0) is 4.79 Å². The second kappa shape index (κ2) is 5.61. The van der Waals surface area contributed by atoms with E-state index in [0.29, 0.717) is 17.1 Å². The standard InChI is InChI=1S/C13H24N2OS/c1-9(2)12-13(16)15(10(3)14-12)8-11-6-4-5-7-17-11/h9-12,14H,4-8H2,1-3H3. The molecule has 4 heteroatoms. The van der Waals surface area contributed by atoms with Gasteiger partial charge in [0.15, 0.2) is 0 Å². The molecule has 3 atom stereocenters. The maximum Gasteiger partial charge on any atom is 0.241 e. The van der Waals surface area contributed by atoms with Gasteiger partial charge in [0, 0.05) is 11.8 Å². The molecule has 0 radical (unpaired) electrons. The number of rotatable bonds is 3. The molecule has 0 saturated carbocycles. The van der Waals surface area contributed by atoms with Gasteiger partial charge in [-0.1, -0.05) is 20.3 Å². The van der Waals surface area contributed by atoms with Gasteiger partial charge in [-0.25, -0.2) is 0 Å². The highest BCUT2D eigenvalue weighted by molar-refractivity contribution is 7.99. The van der Waals surface area contributed by atoms with E-state index in [1.807, 2.05) is 16.7 Å². The maximum atomic E-state index is 12.3. The van der Waals surface area contributed by atoms with Crippen LogP contribution in [0.25, 0.3) is 0 Å². The summed E-state index contributed by atoms with van der Waals surface area (Å²) in [6.07, 6.45) is 4.15. The molecule has 2 fully saturated rings. The van der Waals surface area contributed by atoms with Crippen LogP contribution in [0.1, 0.15) is 40.0 Å². The zero-order valence-corrected chi connectivity index (χ0v) is 11.9. The number of nitrogens with zero attached hydrogens (tertiary/aromatic N) is 1. The highest BCUT2D eigenvalue weighted by Crippen LogP contribution is 2.27. The zero-order valence-electron chi connectivity index (χ0n) is 11.1. The highest BCUT2D eigenvalue weighted by atomic mass is 32.2. The minimum absolute atomic E-state index is 0.0265. The lowest BCUT2D eigenvalue weighted by atomic mass is 10.0. The summed E-state index contributed by atoms with van der Waals surface area (Å²) in [5, 5.41) is 4.07. The average Bonchev–Trinajstić information content (AvgIpc) is 2.58. The van der Waals surface area contributed by atoms with Crippen molar-refractivity contribution in [2.45, 2.75) is 57.5 Å². The van der Waals surface area contributed by atoms with Crippen LogP contribution in [0.4, 0.5) is 0 Å². The molecule has 17 heavy (non-hydrogen) atoms. The Balaban J connectivity index is 1.93. The molecule has 1 N–H and O–H groups in total. The summed E-state index contributed by atoms with van der Waals surface area (Å²) in [6.45, 7) is 7.26. The normalized spacial score (nSPS) is 34.7. The van der Waals surface area contributed by atoms with Crippen molar-refractivity contribution in [3.05, 3.63) is 0 Å². The summed E-state index contributed by atoms with van der Waals surface area (Å²) in [6, 6.07) is 0.0265. The van der Waals surface area contributed by atoms with Crippen LogP contribution in [0.2, 0.25) is 0 Å². The summed E-state index contributed by atoms with van der Waals surface area (Å²) >= 11 is 2.04. The van der Waals surface area contributed by atoms with Gasteiger partial charge in [-0.2, -0.15) is 11.8 Å². The van der Waals surface area contributed by atoms with Gasteiger partial charge >= 0.3 is 0 Å². The van der Waals surface area contributed by atoms with E-state index in [0.717, 1.165) is 6.54 Å². The summed E-state index contributed by atoms with van der Waals surface area (Å²) in [5.41, 5.74) is 0. The lowest BCUT2D eigenvalue weighted by molar-refractivity contribution is -0.130. The van der Waals surface area contributed by atoms with Crippen molar-refractivity contribution < 1.29 is 4.79 Å². The van der Waals surface area contributed by atoms with Gasteiger partial charge in [-0.05, 0) is 31.4 Å². The fourth-order valence-electron chi connectivity index (χ4n) is 2.69. The minimum atomic E-state index is 0.0265. The van der Waals surface area contributed by atoms with Crippen LogP contribution in [0.3, 0.4) is 0 Å². The van der Waals surface area contributed by atoms with Crippen molar-refractivity contribution in [3.8, 4) is 0 Å². The number of amides is 1. The van der Waals surface area contributed by atoms with Crippen molar-refractivity contribution >= 4 is 17.7 Å². The van der Waals surface area contributed by atoms with Gasteiger partial charge < -0.3 is 4.90 Å². The number of thioether (sulfide) groups is 1. The first-order chi connectivity index (χ1) is 8.09. The number of hydrogen-bond donors (Lipinski definition) is 1. The zero-order chi connectivity index (χ0) is 12.4. The van der Waals surface area contributed by atoms with E-state index in [4.69, 9.17) is 0 Å². The highest BCUT2D eigenvalue weighted by Gasteiger charge is 2.38. The first kappa shape index (κ1) is 13.2. The van der Waals surface area contributed by atoms with Crippen LogP contribution >= 0.6 is 11.8 Å². The van der Waals surface area contributed by atoms with E-state index < -0.39 is 0 Å². The monoisotopic (exact) mass is 256 g/mol. The predicted molar refractivity (Wildman–Crippen MR) is 73.0 cm³/mol. The number of carbonyl (C=O) groups excluding carboxylic acids is 1. The van der Waals surface area contributed by atoms with Crippen molar-refractivity contribution in [3.63, 3.8) is 0 Å². The Kier molecular flexibility index (Phi) is 4.36. The van der Waals surface area contributed by atoms with Gasteiger partial charge in [-0.3, -0.25) is 10.1 Å². The SMILES string of the molecule is CC(C)C1NC(C)N(CC2CCCCS2)C1=O. The molecule has 2 rings (SSSR count). The topological polar surface area (TPSA) is 32.3 Å². The quantitative estimate of drug-likeness (QED) is 0.839. The second-order valence-electron chi connectivity index (χ2n) is 5.54. The van der Waals surface area contributed by atoms with Crippen molar-refractivity contribution in [1.29, 1.82) is 0 Å². The van der Waals surface area contributed by atoms with Crippen LogP contribution in [-0.4, -0.2) is 40.6 Å². The lowest BCUT2D eigenvalue weighted by Crippen LogP contribution is -2.40. The molecule has 0 aromatic carbocycles. The van der Waals surface area contributed by atoms with E-state index >= 15 is 0 Å². The molecular formula is C13H24N2OS. The number of hydrogen-bond acceptors (Lipinski definition) is 3. The van der Waals surface area contributed by atoms with Crippen molar-refractivity contribution in [2.24, 2.45) is 5.92 Å². The van der Waals surface area contributed by atoms with Crippen molar-refractivity contribution in [1.82, 2.24) is 10.2 Å². The Labute approximate surface area is 109 Å². The molecule has 2 heterocycles. The van der Waals surface area contributed by atoms with E-state index in [9.17, 15) is 4.79 Å². The van der Waals surface area contributed by atoms with Crippen LogP contribution < -0.4 is 5.32 Å². The lowest BCUT2D eigenvalue weighted by Gasteiger charge is -2.28. The van der Waals surface area contributed by atoms with Gasteiger partial charge in [0.2, 0.25) is 5.91 Å². The molecular weight excluding hydrogens is 232 g/mol. The van der Waals surface area contributed by atoms with Crippen LogP contribution in [0.15, 0.2) is 0 Å². The summed E-state index contributed by atoms with van der Waals surface area (Å²) < 4.78 is 0. The number of carbonyl (C=O) groups is 1. The third kappa shape index (κ3) is 2.97. The number of nitrogens with one attached hydrogen (secondary N) is 1. The van der Waals surface area contributed by atoms with Gasteiger partial charge in [0.05, 0.1) is 12.2 Å². The van der Waals surface area contributed by atoms with Crippen LogP contribution in [0.5, 0.6) is 0 Å². The Morgan fingerprint density at radius 1 is 1.47 bits per heavy atom. The maximum absolute atomic E-state index is 12.3. The van der Waals surface area contributed by atoms with Gasteiger partial charge in [0.25, 0.3) is 0 Å². The summed E-state index contributed by atoms with van der Waals surface area (Å²) in [5.74, 6) is 1.95. The molecule has 0 aliphatic carbocycles. The largest absolute Gasteiger partial charge is 0.325 e. The second-order valence-corrected chi connectivity index (χ2v) is 6.95. The first-order valence-corrected chi connectivity index (χ1v) is 7.82. The molecule has 0 spiro atoms.